The van der Waals surface area contributed by atoms with Gasteiger partial charge in [-0.15, -0.1) is 11.3 Å². The summed E-state index contributed by atoms with van der Waals surface area (Å²) in [6.45, 7) is 6.22. The van der Waals surface area contributed by atoms with Crippen molar-refractivity contribution >= 4 is 34.7 Å². The molecule has 33 heavy (non-hydrogen) atoms. The number of fused-ring (bicyclic) bond motifs is 1. The molecule has 0 fully saturated rings. The molecule has 172 valence electrons. The van der Waals surface area contributed by atoms with Gasteiger partial charge in [-0.3, -0.25) is 9.36 Å². The predicted molar refractivity (Wildman–Crippen MR) is 129 cm³/mol. The molecule has 9 heteroatoms. The van der Waals surface area contributed by atoms with Crippen LogP contribution in [0.1, 0.15) is 37.3 Å². The molecule has 0 spiro atoms. The van der Waals surface area contributed by atoms with Crippen LogP contribution in [0.5, 0.6) is 11.5 Å². The van der Waals surface area contributed by atoms with E-state index in [1.165, 1.54) is 22.7 Å². The molecule has 1 atom stereocenters. The number of benzene rings is 1. The van der Waals surface area contributed by atoms with E-state index < -0.39 is 12.0 Å². The molecule has 1 unspecified atom stereocenters. The van der Waals surface area contributed by atoms with Crippen LogP contribution in [0.4, 0.5) is 0 Å². The highest BCUT2D eigenvalue weighted by atomic mass is 32.1. The summed E-state index contributed by atoms with van der Waals surface area (Å²) >= 11 is 2.78. The lowest BCUT2D eigenvalue weighted by molar-refractivity contribution is -0.139. The molecule has 3 heterocycles. The van der Waals surface area contributed by atoms with E-state index in [4.69, 9.17) is 14.2 Å². The Morgan fingerprint density at radius 3 is 2.70 bits per heavy atom. The number of methoxy groups -OCH3 is 1. The Labute approximate surface area is 198 Å². The first-order chi connectivity index (χ1) is 16.0. The minimum Gasteiger partial charge on any atom is -0.493 e. The Kier molecular flexibility index (Phi) is 6.80. The number of allylic oxidation sites excluding steroid dienone is 1. The zero-order chi connectivity index (χ0) is 23.5. The van der Waals surface area contributed by atoms with E-state index in [9.17, 15) is 9.59 Å². The predicted octanol–water partition coefficient (Wildman–Crippen LogP) is 3.27. The Hall–Kier alpha value is -3.17. The third-order valence-electron chi connectivity index (χ3n) is 5.11. The van der Waals surface area contributed by atoms with Gasteiger partial charge in [-0.05, 0) is 56.0 Å². The van der Waals surface area contributed by atoms with Gasteiger partial charge in [-0.1, -0.05) is 23.5 Å². The standard InChI is InChI=1S/C24H24N2O5S2/c1-5-30-16-10-9-15(12-17(16)29-4)13-19-22(27)26-21(18-8-7-11-32-18)20(23(28)31-6-2)14(3)25-24(26)33-19/h7-13,21H,5-6H2,1-4H3/b19-13+. The second-order valence-corrected chi connectivity index (χ2v) is 9.15. The van der Waals surface area contributed by atoms with Crippen molar-refractivity contribution in [3.8, 4) is 11.5 Å². The number of thiazole rings is 1. The zero-order valence-corrected chi connectivity index (χ0v) is 20.4. The third-order valence-corrected chi connectivity index (χ3v) is 7.02. The van der Waals surface area contributed by atoms with Crippen LogP contribution in [0.2, 0.25) is 0 Å². The van der Waals surface area contributed by atoms with Gasteiger partial charge in [-0.2, -0.15) is 0 Å². The molecule has 0 saturated heterocycles. The molecule has 0 amide bonds. The van der Waals surface area contributed by atoms with Gasteiger partial charge in [0.05, 0.1) is 36.1 Å². The summed E-state index contributed by atoms with van der Waals surface area (Å²) < 4.78 is 18.4. The van der Waals surface area contributed by atoms with Crippen LogP contribution in [-0.4, -0.2) is 30.9 Å². The number of carbonyl (C=O) groups is 1. The molecular formula is C24H24N2O5S2. The third kappa shape index (κ3) is 4.38. The van der Waals surface area contributed by atoms with Gasteiger partial charge in [0, 0.05) is 4.88 Å². The fourth-order valence-corrected chi connectivity index (χ4v) is 5.58. The number of rotatable bonds is 7. The van der Waals surface area contributed by atoms with E-state index in [-0.39, 0.29) is 12.2 Å². The monoisotopic (exact) mass is 484 g/mol. The molecule has 0 bridgehead atoms. The Bertz CT molecular complexity index is 1380. The van der Waals surface area contributed by atoms with Crippen molar-refractivity contribution in [1.82, 2.24) is 4.57 Å². The topological polar surface area (TPSA) is 79.1 Å². The highest BCUT2D eigenvalue weighted by Gasteiger charge is 2.33. The van der Waals surface area contributed by atoms with Gasteiger partial charge in [0.1, 0.15) is 6.04 Å². The first-order valence-electron chi connectivity index (χ1n) is 10.5. The summed E-state index contributed by atoms with van der Waals surface area (Å²) in [4.78, 5) is 32.4. The van der Waals surface area contributed by atoms with Crippen molar-refractivity contribution in [2.75, 3.05) is 20.3 Å². The molecule has 0 saturated carbocycles. The van der Waals surface area contributed by atoms with E-state index in [0.717, 1.165) is 10.4 Å². The fraction of sp³-hybridized carbons (Fsp3) is 0.292. The van der Waals surface area contributed by atoms with Gasteiger partial charge in [0.15, 0.2) is 16.3 Å². The average molecular weight is 485 g/mol. The van der Waals surface area contributed by atoms with Crippen molar-refractivity contribution in [3.05, 3.63) is 77.1 Å². The number of carbonyl (C=O) groups excluding carboxylic acids is 1. The molecule has 3 aromatic rings. The van der Waals surface area contributed by atoms with Gasteiger partial charge < -0.3 is 14.2 Å². The number of esters is 1. The normalized spacial score (nSPS) is 15.8. The molecule has 0 aliphatic carbocycles. The maximum absolute atomic E-state index is 13.5. The molecule has 0 radical (unpaired) electrons. The van der Waals surface area contributed by atoms with Gasteiger partial charge in [-0.25, -0.2) is 9.79 Å². The summed E-state index contributed by atoms with van der Waals surface area (Å²) in [6, 6.07) is 8.77. The summed E-state index contributed by atoms with van der Waals surface area (Å²) in [5.74, 6) is 0.781. The van der Waals surface area contributed by atoms with Crippen molar-refractivity contribution < 1.29 is 19.0 Å². The highest BCUT2D eigenvalue weighted by molar-refractivity contribution is 7.10. The summed E-state index contributed by atoms with van der Waals surface area (Å²) in [5, 5.41) is 1.93. The molecule has 7 nitrogen and oxygen atoms in total. The molecule has 1 aliphatic rings. The quantitative estimate of drug-likeness (QED) is 0.481. The number of thiophene rings is 1. The Morgan fingerprint density at radius 1 is 1.21 bits per heavy atom. The maximum atomic E-state index is 13.5. The molecule has 4 rings (SSSR count). The van der Waals surface area contributed by atoms with Crippen LogP contribution < -0.4 is 24.4 Å². The first-order valence-corrected chi connectivity index (χ1v) is 12.2. The van der Waals surface area contributed by atoms with E-state index in [1.807, 2.05) is 42.6 Å². The van der Waals surface area contributed by atoms with Crippen LogP contribution in [0, 0.1) is 0 Å². The van der Waals surface area contributed by atoms with Gasteiger partial charge in [0.2, 0.25) is 0 Å². The number of nitrogens with zero attached hydrogens (tertiary/aromatic N) is 2. The number of hydrogen-bond acceptors (Lipinski definition) is 8. The van der Waals surface area contributed by atoms with Gasteiger partial charge >= 0.3 is 5.97 Å². The number of hydrogen-bond donors (Lipinski definition) is 0. The van der Waals surface area contributed by atoms with Crippen LogP contribution in [0.25, 0.3) is 6.08 Å². The van der Waals surface area contributed by atoms with Crippen LogP contribution in [0.15, 0.2) is 56.8 Å². The van der Waals surface area contributed by atoms with E-state index >= 15 is 0 Å². The van der Waals surface area contributed by atoms with Crippen LogP contribution >= 0.6 is 22.7 Å². The minimum absolute atomic E-state index is 0.209. The Balaban J connectivity index is 1.87. The molecule has 2 aromatic heterocycles. The number of aromatic nitrogens is 1. The minimum atomic E-state index is -0.572. The lowest BCUT2D eigenvalue weighted by atomic mass is 10.0. The SMILES string of the molecule is CCOC(=O)C1=C(C)N=c2s/c(=C/c3ccc(OCC)c(OC)c3)c(=O)n2C1c1cccs1. The summed E-state index contributed by atoms with van der Waals surface area (Å²) in [7, 11) is 1.58. The van der Waals surface area contributed by atoms with Crippen molar-refractivity contribution in [2.45, 2.75) is 26.8 Å². The lowest BCUT2D eigenvalue weighted by Gasteiger charge is -2.23. The molecule has 0 N–H and O–H groups in total. The second kappa shape index (κ2) is 9.76. The van der Waals surface area contributed by atoms with E-state index in [0.29, 0.717) is 38.7 Å². The lowest BCUT2D eigenvalue weighted by Crippen LogP contribution is -2.39. The van der Waals surface area contributed by atoms with Crippen molar-refractivity contribution in [2.24, 2.45) is 4.99 Å². The van der Waals surface area contributed by atoms with Gasteiger partial charge in [0.25, 0.3) is 5.56 Å². The number of ether oxygens (including phenoxy) is 3. The van der Waals surface area contributed by atoms with E-state index in [1.54, 1.807) is 31.6 Å². The second-order valence-electron chi connectivity index (χ2n) is 7.16. The first kappa shape index (κ1) is 23.0. The molecular weight excluding hydrogens is 460 g/mol. The van der Waals surface area contributed by atoms with Crippen molar-refractivity contribution in [1.29, 1.82) is 0 Å². The fourth-order valence-electron chi connectivity index (χ4n) is 3.71. The van der Waals surface area contributed by atoms with Crippen LogP contribution in [0.3, 0.4) is 0 Å². The smallest absolute Gasteiger partial charge is 0.338 e. The molecule has 1 aromatic carbocycles. The molecule has 1 aliphatic heterocycles. The summed E-state index contributed by atoms with van der Waals surface area (Å²) in [6.07, 6.45) is 1.80. The zero-order valence-electron chi connectivity index (χ0n) is 18.8. The summed E-state index contributed by atoms with van der Waals surface area (Å²) in [5.41, 5.74) is 1.54. The highest BCUT2D eigenvalue weighted by Crippen LogP contribution is 2.33. The largest absolute Gasteiger partial charge is 0.493 e. The van der Waals surface area contributed by atoms with E-state index in [2.05, 4.69) is 4.99 Å². The van der Waals surface area contributed by atoms with Crippen LogP contribution in [-0.2, 0) is 9.53 Å². The maximum Gasteiger partial charge on any atom is 0.338 e. The Morgan fingerprint density at radius 2 is 2.03 bits per heavy atom. The van der Waals surface area contributed by atoms with Crippen molar-refractivity contribution in [3.63, 3.8) is 0 Å². The average Bonchev–Trinajstić information content (AvgIpc) is 3.43.